The number of anilines is 1. The summed E-state index contributed by atoms with van der Waals surface area (Å²) >= 11 is 6.02. The molecule has 1 fully saturated rings. The molecule has 1 aliphatic rings. The fourth-order valence-corrected chi connectivity index (χ4v) is 3.28. The normalized spacial score (nSPS) is 16.3. The third kappa shape index (κ3) is 2.14. The van der Waals surface area contributed by atoms with Crippen LogP contribution in [0.25, 0.3) is 16.7 Å². The maximum Gasteiger partial charge on any atom is 0.260 e. The van der Waals surface area contributed by atoms with Crippen molar-refractivity contribution in [3.8, 4) is 0 Å². The highest BCUT2D eigenvalue weighted by Crippen LogP contribution is 2.23. The molecule has 114 valence electrons. The van der Waals surface area contributed by atoms with Crippen molar-refractivity contribution < 1.29 is 0 Å². The molecule has 0 radical (unpaired) electrons. The van der Waals surface area contributed by atoms with Crippen LogP contribution < -0.4 is 10.5 Å². The molecular weight excluding hydrogens is 302 g/mol. The van der Waals surface area contributed by atoms with E-state index in [1.165, 1.54) is 12.8 Å². The van der Waals surface area contributed by atoms with Crippen molar-refractivity contribution in [2.45, 2.75) is 25.7 Å². The molecule has 22 heavy (non-hydrogen) atoms. The first-order valence-corrected chi connectivity index (χ1v) is 7.93. The van der Waals surface area contributed by atoms with Gasteiger partial charge in [-0.05, 0) is 31.0 Å². The van der Waals surface area contributed by atoms with Crippen molar-refractivity contribution in [1.82, 2.24) is 19.6 Å². The van der Waals surface area contributed by atoms with Gasteiger partial charge in [-0.25, -0.2) is 4.40 Å². The van der Waals surface area contributed by atoms with Crippen LogP contribution in [0.1, 0.15) is 25.7 Å². The van der Waals surface area contributed by atoms with Gasteiger partial charge >= 0.3 is 0 Å². The number of hydrogen-bond acceptors (Lipinski definition) is 4. The molecule has 0 amide bonds. The largest absolute Gasteiger partial charge is 0.341 e. The highest BCUT2D eigenvalue weighted by Gasteiger charge is 2.18. The van der Waals surface area contributed by atoms with Crippen LogP contribution in [0.15, 0.2) is 23.0 Å². The lowest BCUT2D eigenvalue weighted by molar-refractivity contribution is 0.726. The third-order valence-corrected chi connectivity index (χ3v) is 4.44. The maximum absolute atomic E-state index is 12.2. The molecule has 0 bridgehead atoms. The number of fused-ring (bicyclic) bond motifs is 3. The number of benzene rings is 1. The van der Waals surface area contributed by atoms with Gasteiger partial charge in [0.1, 0.15) is 0 Å². The summed E-state index contributed by atoms with van der Waals surface area (Å²) in [4.78, 5) is 17.2. The van der Waals surface area contributed by atoms with Crippen LogP contribution >= 0.6 is 11.6 Å². The van der Waals surface area contributed by atoms with Gasteiger partial charge in [0.15, 0.2) is 0 Å². The molecule has 3 heterocycles. The van der Waals surface area contributed by atoms with Gasteiger partial charge in [-0.3, -0.25) is 9.78 Å². The topological polar surface area (TPSA) is 66.3 Å². The van der Waals surface area contributed by atoms with E-state index in [2.05, 4.69) is 20.1 Å². The molecule has 0 aliphatic carbocycles. The van der Waals surface area contributed by atoms with E-state index >= 15 is 0 Å². The molecular formula is C15H16ClN5O. The molecule has 0 unspecified atom stereocenters. The van der Waals surface area contributed by atoms with Crippen molar-refractivity contribution in [3.05, 3.63) is 33.6 Å². The van der Waals surface area contributed by atoms with Crippen LogP contribution in [0, 0.1) is 0 Å². The van der Waals surface area contributed by atoms with Crippen LogP contribution in [0.4, 0.5) is 5.95 Å². The van der Waals surface area contributed by atoms with E-state index in [9.17, 15) is 4.79 Å². The van der Waals surface area contributed by atoms with Gasteiger partial charge in [0.05, 0.1) is 10.9 Å². The second-order valence-corrected chi connectivity index (χ2v) is 6.11. The van der Waals surface area contributed by atoms with Crippen molar-refractivity contribution in [2.75, 3.05) is 18.0 Å². The summed E-state index contributed by atoms with van der Waals surface area (Å²) in [6, 6.07) is 5.32. The lowest BCUT2D eigenvalue weighted by atomic mass is 10.2. The predicted octanol–water partition coefficient (Wildman–Crippen LogP) is 2.60. The number of H-pyrrole nitrogens is 1. The molecule has 1 saturated heterocycles. The average Bonchev–Trinajstić information content (AvgIpc) is 2.75. The fourth-order valence-electron chi connectivity index (χ4n) is 3.11. The van der Waals surface area contributed by atoms with Crippen molar-refractivity contribution in [1.29, 1.82) is 0 Å². The van der Waals surface area contributed by atoms with E-state index in [1.807, 2.05) is 10.5 Å². The van der Waals surface area contributed by atoms with E-state index < -0.39 is 0 Å². The van der Waals surface area contributed by atoms with Gasteiger partial charge < -0.3 is 4.90 Å². The fraction of sp³-hybridized carbons (Fsp3) is 0.400. The Labute approximate surface area is 131 Å². The minimum absolute atomic E-state index is 0.195. The SMILES string of the molecule is O=c1[nH]c2nnc(N3CCCCCC3)n2c2ccc(Cl)cc12. The van der Waals surface area contributed by atoms with E-state index in [0.29, 0.717) is 16.2 Å². The molecule has 0 saturated carbocycles. The summed E-state index contributed by atoms with van der Waals surface area (Å²) in [5.74, 6) is 1.26. The smallest absolute Gasteiger partial charge is 0.260 e. The minimum Gasteiger partial charge on any atom is -0.341 e. The minimum atomic E-state index is -0.195. The first kappa shape index (κ1) is 13.6. The summed E-state index contributed by atoms with van der Waals surface area (Å²) in [5, 5.41) is 9.55. The Bertz CT molecular complexity index is 892. The molecule has 0 atom stereocenters. The first-order valence-electron chi connectivity index (χ1n) is 7.56. The Morgan fingerprint density at radius 1 is 1.09 bits per heavy atom. The van der Waals surface area contributed by atoms with Gasteiger partial charge in [-0.15, -0.1) is 10.2 Å². The summed E-state index contributed by atoms with van der Waals surface area (Å²) in [7, 11) is 0. The van der Waals surface area contributed by atoms with Crippen molar-refractivity contribution in [2.24, 2.45) is 0 Å². The second-order valence-electron chi connectivity index (χ2n) is 5.68. The zero-order valence-corrected chi connectivity index (χ0v) is 12.8. The summed E-state index contributed by atoms with van der Waals surface area (Å²) in [5.41, 5.74) is 0.590. The van der Waals surface area contributed by atoms with E-state index in [-0.39, 0.29) is 5.56 Å². The number of aromatic nitrogens is 4. The van der Waals surface area contributed by atoms with Crippen LogP contribution in [-0.2, 0) is 0 Å². The van der Waals surface area contributed by atoms with Gasteiger partial charge in [0, 0.05) is 18.1 Å². The molecule has 2 aromatic heterocycles. The molecule has 6 nitrogen and oxygen atoms in total. The highest BCUT2D eigenvalue weighted by atomic mass is 35.5. The van der Waals surface area contributed by atoms with Gasteiger partial charge in [-0.1, -0.05) is 24.4 Å². The highest BCUT2D eigenvalue weighted by molar-refractivity contribution is 6.31. The Balaban J connectivity index is 1.98. The number of aromatic amines is 1. The zero-order chi connectivity index (χ0) is 15.1. The number of rotatable bonds is 1. The Kier molecular flexibility index (Phi) is 3.26. The van der Waals surface area contributed by atoms with E-state index in [4.69, 9.17) is 11.6 Å². The number of hydrogen-bond donors (Lipinski definition) is 1. The Morgan fingerprint density at radius 2 is 1.86 bits per heavy atom. The number of halogens is 1. The monoisotopic (exact) mass is 317 g/mol. The number of nitrogens with zero attached hydrogens (tertiary/aromatic N) is 4. The standard InChI is InChI=1S/C15H16ClN5O/c16-10-5-6-12-11(9-10)13(22)17-14-18-19-15(21(12)14)20-7-3-1-2-4-8-20/h5-6,9H,1-4,7-8H2,(H,17,18,22). The van der Waals surface area contributed by atoms with Crippen LogP contribution in [-0.4, -0.2) is 32.7 Å². The molecule has 0 spiro atoms. The molecule has 1 N–H and O–H groups in total. The van der Waals surface area contributed by atoms with E-state index in [1.54, 1.807) is 12.1 Å². The maximum atomic E-state index is 12.2. The Morgan fingerprint density at radius 3 is 2.64 bits per heavy atom. The second kappa shape index (κ2) is 5.28. The summed E-state index contributed by atoms with van der Waals surface area (Å²) < 4.78 is 1.92. The van der Waals surface area contributed by atoms with Gasteiger partial charge in [-0.2, -0.15) is 0 Å². The van der Waals surface area contributed by atoms with Crippen LogP contribution in [0.5, 0.6) is 0 Å². The molecule has 1 aromatic carbocycles. The third-order valence-electron chi connectivity index (χ3n) is 4.20. The first-order chi connectivity index (χ1) is 10.7. The zero-order valence-electron chi connectivity index (χ0n) is 12.0. The predicted molar refractivity (Wildman–Crippen MR) is 86.8 cm³/mol. The Hall–Kier alpha value is -2.08. The molecule has 7 heteroatoms. The summed E-state index contributed by atoms with van der Waals surface area (Å²) in [6.45, 7) is 1.93. The lowest BCUT2D eigenvalue weighted by Crippen LogP contribution is -2.26. The number of nitrogens with one attached hydrogen (secondary N) is 1. The molecule has 4 rings (SSSR count). The van der Waals surface area contributed by atoms with Crippen molar-refractivity contribution in [3.63, 3.8) is 0 Å². The summed E-state index contributed by atoms with van der Waals surface area (Å²) in [6.07, 6.45) is 4.81. The quantitative estimate of drug-likeness (QED) is 0.749. The van der Waals surface area contributed by atoms with Crippen LogP contribution in [0.2, 0.25) is 5.02 Å². The van der Waals surface area contributed by atoms with Crippen LogP contribution in [0.3, 0.4) is 0 Å². The van der Waals surface area contributed by atoms with E-state index in [0.717, 1.165) is 37.4 Å². The lowest BCUT2D eigenvalue weighted by Gasteiger charge is -2.20. The van der Waals surface area contributed by atoms with Crippen molar-refractivity contribution >= 4 is 34.2 Å². The molecule has 1 aliphatic heterocycles. The average molecular weight is 318 g/mol. The van der Waals surface area contributed by atoms with Gasteiger partial charge in [0.25, 0.3) is 5.56 Å². The molecule has 3 aromatic rings. The van der Waals surface area contributed by atoms with Gasteiger partial charge in [0.2, 0.25) is 11.7 Å².